The molecular weight excluding hydrogens is 334 g/mol. The zero-order chi connectivity index (χ0) is 18.6. The molecule has 1 amide bonds. The van der Waals surface area contributed by atoms with Crippen LogP contribution in [0, 0.1) is 0 Å². The third-order valence-corrected chi connectivity index (χ3v) is 5.63. The van der Waals surface area contributed by atoms with Crippen molar-refractivity contribution in [3.63, 3.8) is 0 Å². The summed E-state index contributed by atoms with van der Waals surface area (Å²) in [6.45, 7) is 3.09. The lowest BCUT2D eigenvalue weighted by atomic mass is 9.99. The number of para-hydroxylation sites is 3. The zero-order valence-electron chi connectivity index (χ0n) is 16.0. The van der Waals surface area contributed by atoms with Gasteiger partial charge in [-0.1, -0.05) is 37.3 Å². The molecule has 0 radical (unpaired) electrons. The number of likely N-dealkylation sites (tertiary alicyclic amines) is 1. The summed E-state index contributed by atoms with van der Waals surface area (Å²) in [5.41, 5.74) is 3.17. The van der Waals surface area contributed by atoms with Crippen molar-refractivity contribution in [2.45, 2.75) is 51.5 Å². The fraction of sp³-hybridized carbons (Fsp3) is 0.391. The summed E-state index contributed by atoms with van der Waals surface area (Å²) in [5.74, 6) is 1.23. The summed E-state index contributed by atoms with van der Waals surface area (Å²) in [6, 6.07) is 18.9. The minimum absolute atomic E-state index is 0.271. The SMILES string of the molecule is CCC1CCCCN1C(=O)CCc1nc2ccccc2n1-c1ccccc1. The summed E-state index contributed by atoms with van der Waals surface area (Å²) in [4.78, 5) is 19.8. The summed E-state index contributed by atoms with van der Waals surface area (Å²) in [7, 11) is 0. The molecule has 1 unspecified atom stereocenters. The third kappa shape index (κ3) is 3.61. The van der Waals surface area contributed by atoms with Gasteiger partial charge < -0.3 is 4.90 Å². The number of hydrogen-bond donors (Lipinski definition) is 0. The van der Waals surface area contributed by atoms with Crippen LogP contribution in [0.5, 0.6) is 0 Å². The highest BCUT2D eigenvalue weighted by Gasteiger charge is 2.25. The molecule has 0 bridgehead atoms. The summed E-state index contributed by atoms with van der Waals surface area (Å²) >= 11 is 0. The van der Waals surface area contributed by atoms with Gasteiger partial charge in [-0.2, -0.15) is 0 Å². The van der Waals surface area contributed by atoms with Gasteiger partial charge in [0, 0.05) is 31.1 Å². The van der Waals surface area contributed by atoms with E-state index in [1.807, 2.05) is 36.4 Å². The number of carbonyl (C=O) groups excluding carboxylic acids is 1. The summed E-state index contributed by atoms with van der Waals surface area (Å²) in [5, 5.41) is 0. The van der Waals surface area contributed by atoms with E-state index in [0.717, 1.165) is 48.4 Å². The van der Waals surface area contributed by atoms with Gasteiger partial charge in [-0.3, -0.25) is 9.36 Å². The normalized spacial score (nSPS) is 17.4. The highest BCUT2D eigenvalue weighted by molar-refractivity contribution is 5.79. The van der Waals surface area contributed by atoms with E-state index in [9.17, 15) is 4.79 Å². The highest BCUT2D eigenvalue weighted by atomic mass is 16.2. The van der Waals surface area contributed by atoms with Crippen LogP contribution < -0.4 is 0 Å². The standard InChI is InChI=1S/C23H27N3O/c1-2-18-10-8-9-17-25(18)23(27)16-15-22-24-20-13-6-7-14-21(20)26(22)19-11-4-3-5-12-19/h3-7,11-14,18H,2,8-10,15-17H2,1H3. The van der Waals surface area contributed by atoms with Gasteiger partial charge in [0.2, 0.25) is 5.91 Å². The first-order valence-electron chi connectivity index (χ1n) is 10.1. The number of benzene rings is 2. The maximum Gasteiger partial charge on any atom is 0.223 e. The van der Waals surface area contributed by atoms with Crippen molar-refractivity contribution < 1.29 is 4.79 Å². The van der Waals surface area contributed by atoms with E-state index >= 15 is 0 Å². The summed E-state index contributed by atoms with van der Waals surface area (Å²) in [6.07, 6.45) is 5.75. The van der Waals surface area contributed by atoms with Crippen molar-refractivity contribution in [2.75, 3.05) is 6.54 Å². The molecule has 1 fully saturated rings. The summed E-state index contributed by atoms with van der Waals surface area (Å²) < 4.78 is 2.19. The molecule has 140 valence electrons. The first-order valence-corrected chi connectivity index (χ1v) is 10.1. The van der Waals surface area contributed by atoms with Crippen LogP contribution in [0.2, 0.25) is 0 Å². The number of nitrogens with zero attached hydrogens (tertiary/aromatic N) is 3. The van der Waals surface area contributed by atoms with E-state index in [2.05, 4.69) is 34.6 Å². The molecule has 3 aromatic rings. The minimum Gasteiger partial charge on any atom is -0.340 e. The monoisotopic (exact) mass is 361 g/mol. The fourth-order valence-electron chi connectivity index (χ4n) is 4.22. The van der Waals surface area contributed by atoms with Crippen molar-refractivity contribution in [2.24, 2.45) is 0 Å². The smallest absolute Gasteiger partial charge is 0.223 e. The van der Waals surface area contributed by atoms with Crippen LogP contribution in [0.25, 0.3) is 16.7 Å². The molecule has 0 aliphatic carbocycles. The molecule has 1 aliphatic heterocycles. The Kier molecular flexibility index (Phi) is 5.23. The van der Waals surface area contributed by atoms with E-state index in [1.165, 1.54) is 6.42 Å². The molecule has 1 saturated heterocycles. The number of imidazole rings is 1. The average Bonchev–Trinajstić information content (AvgIpc) is 3.11. The lowest BCUT2D eigenvalue weighted by Crippen LogP contribution is -2.43. The first kappa shape index (κ1) is 17.8. The van der Waals surface area contributed by atoms with Crippen molar-refractivity contribution in [1.82, 2.24) is 14.5 Å². The van der Waals surface area contributed by atoms with Gasteiger partial charge in [-0.05, 0) is 49.9 Å². The van der Waals surface area contributed by atoms with Gasteiger partial charge >= 0.3 is 0 Å². The molecule has 27 heavy (non-hydrogen) atoms. The van der Waals surface area contributed by atoms with Crippen molar-refractivity contribution in [3.8, 4) is 5.69 Å². The first-order chi connectivity index (χ1) is 13.3. The molecule has 1 aliphatic rings. The molecule has 0 saturated carbocycles. The van der Waals surface area contributed by atoms with Gasteiger partial charge in [0.1, 0.15) is 5.82 Å². The molecule has 4 rings (SSSR count). The Balaban J connectivity index is 1.60. The maximum atomic E-state index is 12.9. The van der Waals surface area contributed by atoms with Gasteiger partial charge in [-0.15, -0.1) is 0 Å². The van der Waals surface area contributed by atoms with Crippen LogP contribution in [-0.2, 0) is 11.2 Å². The number of carbonyl (C=O) groups is 1. The van der Waals surface area contributed by atoms with E-state index < -0.39 is 0 Å². The van der Waals surface area contributed by atoms with E-state index in [1.54, 1.807) is 0 Å². The van der Waals surface area contributed by atoms with E-state index in [4.69, 9.17) is 4.98 Å². The number of aryl methyl sites for hydroxylation is 1. The molecule has 0 spiro atoms. The fourth-order valence-corrected chi connectivity index (χ4v) is 4.22. The zero-order valence-corrected chi connectivity index (χ0v) is 16.0. The van der Waals surface area contributed by atoms with Crippen LogP contribution >= 0.6 is 0 Å². The molecule has 4 nitrogen and oxygen atoms in total. The van der Waals surface area contributed by atoms with E-state index in [0.29, 0.717) is 18.9 Å². The van der Waals surface area contributed by atoms with Crippen LogP contribution in [-0.4, -0.2) is 32.9 Å². The molecule has 1 atom stereocenters. The van der Waals surface area contributed by atoms with Gasteiger partial charge in [0.15, 0.2) is 0 Å². The Labute approximate surface area is 160 Å². The second kappa shape index (κ2) is 7.95. The van der Waals surface area contributed by atoms with E-state index in [-0.39, 0.29) is 5.91 Å². The highest BCUT2D eigenvalue weighted by Crippen LogP contribution is 2.24. The topological polar surface area (TPSA) is 38.1 Å². The lowest BCUT2D eigenvalue weighted by Gasteiger charge is -2.35. The molecule has 4 heteroatoms. The van der Waals surface area contributed by atoms with Crippen LogP contribution in [0.15, 0.2) is 54.6 Å². The second-order valence-corrected chi connectivity index (χ2v) is 7.33. The number of amides is 1. The molecule has 2 aromatic carbocycles. The van der Waals surface area contributed by atoms with Crippen molar-refractivity contribution in [1.29, 1.82) is 0 Å². The van der Waals surface area contributed by atoms with Crippen LogP contribution in [0.4, 0.5) is 0 Å². The predicted octanol–water partition coefficient (Wildman–Crippen LogP) is 4.75. The molecule has 0 N–H and O–H groups in total. The quantitative estimate of drug-likeness (QED) is 0.658. The Bertz CT molecular complexity index is 916. The van der Waals surface area contributed by atoms with Gasteiger partial charge in [0.05, 0.1) is 11.0 Å². The lowest BCUT2D eigenvalue weighted by molar-refractivity contribution is -0.134. The minimum atomic E-state index is 0.271. The average molecular weight is 361 g/mol. The van der Waals surface area contributed by atoms with Gasteiger partial charge in [-0.25, -0.2) is 4.98 Å². The molecule has 2 heterocycles. The third-order valence-electron chi connectivity index (χ3n) is 5.63. The Morgan fingerprint density at radius 1 is 1.07 bits per heavy atom. The largest absolute Gasteiger partial charge is 0.340 e. The Morgan fingerprint density at radius 3 is 2.67 bits per heavy atom. The van der Waals surface area contributed by atoms with Crippen LogP contribution in [0.3, 0.4) is 0 Å². The van der Waals surface area contributed by atoms with Crippen molar-refractivity contribution in [3.05, 3.63) is 60.4 Å². The number of hydrogen-bond acceptors (Lipinski definition) is 2. The maximum absolute atomic E-state index is 12.9. The Morgan fingerprint density at radius 2 is 1.85 bits per heavy atom. The van der Waals surface area contributed by atoms with Gasteiger partial charge in [0.25, 0.3) is 0 Å². The molecular formula is C23H27N3O. The van der Waals surface area contributed by atoms with Crippen LogP contribution in [0.1, 0.15) is 44.9 Å². The molecule has 1 aromatic heterocycles. The second-order valence-electron chi connectivity index (χ2n) is 7.33. The Hall–Kier alpha value is -2.62. The number of aromatic nitrogens is 2. The number of fused-ring (bicyclic) bond motifs is 1. The number of piperidine rings is 1. The van der Waals surface area contributed by atoms with Crippen molar-refractivity contribution >= 4 is 16.9 Å². The predicted molar refractivity (Wildman–Crippen MR) is 109 cm³/mol. The number of rotatable bonds is 5.